The van der Waals surface area contributed by atoms with Crippen LogP contribution in [0.2, 0.25) is 0 Å². The SMILES string of the molecule is O.O=C(CI)Nc1ccc(S(=O)(=O)O)cc1.[H-].[Na+]. The third-order valence-corrected chi connectivity index (χ3v) is 3.12. The third-order valence-electron chi connectivity index (χ3n) is 1.56. The normalized spacial score (nSPS) is 9.76. The fourth-order valence-corrected chi connectivity index (χ4v) is 1.58. The standard InChI is InChI=1S/C8H8INO4S.Na.H2O.H/c9-5-8(11)10-6-1-3-7(4-2-6)15(12,13)14;;;/h1-4H,5H2,(H,10,11)(H,12,13,14);;1H2;/q;+1;;-1. The fraction of sp³-hybridized carbons (Fsp3) is 0.125. The summed E-state index contributed by atoms with van der Waals surface area (Å²) in [4.78, 5) is 10.8. The molecule has 0 spiro atoms. The Hall–Kier alpha value is 0.290. The third kappa shape index (κ3) is 6.70. The number of amides is 1. The Kier molecular flexibility index (Phi) is 9.70. The maximum Gasteiger partial charge on any atom is 1.00 e. The zero-order chi connectivity index (χ0) is 11.5. The maximum absolute atomic E-state index is 11.0. The van der Waals surface area contributed by atoms with Crippen LogP contribution < -0.4 is 34.9 Å². The predicted molar refractivity (Wildman–Crippen MR) is 68.5 cm³/mol. The summed E-state index contributed by atoms with van der Waals surface area (Å²) >= 11 is 1.91. The van der Waals surface area contributed by atoms with E-state index in [4.69, 9.17) is 4.55 Å². The number of hydrogen-bond acceptors (Lipinski definition) is 3. The van der Waals surface area contributed by atoms with E-state index in [1.165, 1.54) is 24.3 Å². The molecule has 0 aliphatic carbocycles. The van der Waals surface area contributed by atoms with Gasteiger partial charge in [0.05, 0.1) is 9.32 Å². The van der Waals surface area contributed by atoms with E-state index in [0.717, 1.165) is 0 Å². The number of benzene rings is 1. The molecule has 1 aromatic rings. The molecule has 0 saturated heterocycles. The van der Waals surface area contributed by atoms with Crippen molar-refractivity contribution in [1.29, 1.82) is 0 Å². The van der Waals surface area contributed by atoms with Crippen LogP contribution >= 0.6 is 22.6 Å². The van der Waals surface area contributed by atoms with Crippen molar-refractivity contribution < 1.29 is 54.2 Å². The van der Waals surface area contributed by atoms with Crippen LogP contribution in [0.15, 0.2) is 29.2 Å². The van der Waals surface area contributed by atoms with E-state index >= 15 is 0 Å². The van der Waals surface area contributed by atoms with E-state index in [1.807, 2.05) is 22.6 Å². The van der Waals surface area contributed by atoms with Crippen LogP contribution in [-0.2, 0) is 14.9 Å². The molecule has 92 valence electrons. The van der Waals surface area contributed by atoms with Gasteiger partial charge in [0, 0.05) is 5.69 Å². The first-order valence-electron chi connectivity index (χ1n) is 3.87. The minimum Gasteiger partial charge on any atom is -1.00 e. The van der Waals surface area contributed by atoms with Crippen molar-refractivity contribution in [3.8, 4) is 0 Å². The van der Waals surface area contributed by atoms with Crippen molar-refractivity contribution in [1.82, 2.24) is 0 Å². The molecule has 0 fully saturated rings. The van der Waals surface area contributed by atoms with E-state index in [2.05, 4.69) is 5.32 Å². The zero-order valence-corrected chi connectivity index (χ0v) is 13.9. The summed E-state index contributed by atoms with van der Waals surface area (Å²) in [7, 11) is -4.17. The van der Waals surface area contributed by atoms with E-state index in [9.17, 15) is 13.2 Å². The van der Waals surface area contributed by atoms with Gasteiger partial charge in [-0.15, -0.1) is 0 Å². The van der Waals surface area contributed by atoms with Gasteiger partial charge in [0.15, 0.2) is 0 Å². The molecule has 0 aliphatic rings. The summed E-state index contributed by atoms with van der Waals surface area (Å²) in [6, 6.07) is 5.26. The molecule has 1 aromatic carbocycles. The number of alkyl halides is 1. The van der Waals surface area contributed by atoms with Gasteiger partial charge < -0.3 is 12.2 Å². The van der Waals surface area contributed by atoms with Gasteiger partial charge in [-0.05, 0) is 24.3 Å². The number of rotatable bonds is 3. The molecule has 0 aliphatic heterocycles. The Balaban J connectivity index is -0.000000750. The topological polar surface area (TPSA) is 115 Å². The van der Waals surface area contributed by atoms with E-state index in [1.54, 1.807) is 0 Å². The van der Waals surface area contributed by atoms with Crippen LogP contribution in [-0.4, -0.2) is 28.8 Å². The maximum atomic E-state index is 11.0. The minimum atomic E-state index is -4.17. The van der Waals surface area contributed by atoms with Crippen LogP contribution in [0.1, 0.15) is 1.43 Å². The number of carbonyl (C=O) groups excluding carboxylic acids is 1. The molecule has 0 bridgehead atoms. The molecule has 1 rings (SSSR count). The Bertz CT molecular complexity index is 467. The summed E-state index contributed by atoms with van der Waals surface area (Å²) in [5, 5.41) is 2.55. The molecule has 9 heteroatoms. The molecule has 0 heterocycles. The summed E-state index contributed by atoms with van der Waals surface area (Å²) < 4.78 is 30.4. The second-order valence-corrected chi connectivity index (χ2v) is 4.87. The van der Waals surface area contributed by atoms with Crippen LogP contribution in [0.5, 0.6) is 0 Å². The van der Waals surface area contributed by atoms with Crippen LogP contribution in [0, 0.1) is 0 Å². The molecule has 0 saturated carbocycles. The number of hydrogen-bond donors (Lipinski definition) is 2. The van der Waals surface area contributed by atoms with Gasteiger partial charge in [-0.1, -0.05) is 22.6 Å². The molecule has 4 N–H and O–H groups in total. The molecule has 0 atom stereocenters. The van der Waals surface area contributed by atoms with E-state index in [-0.39, 0.29) is 47.3 Å². The van der Waals surface area contributed by atoms with E-state index < -0.39 is 10.1 Å². The molecular weight excluding hydrogens is 372 g/mol. The first-order chi connectivity index (χ1) is 6.93. The largest absolute Gasteiger partial charge is 1.00 e. The Morgan fingerprint density at radius 2 is 1.82 bits per heavy atom. The van der Waals surface area contributed by atoms with E-state index in [0.29, 0.717) is 10.1 Å². The quantitative estimate of drug-likeness (QED) is 0.262. The second-order valence-electron chi connectivity index (χ2n) is 2.68. The van der Waals surface area contributed by atoms with Gasteiger partial charge in [-0.25, -0.2) is 0 Å². The van der Waals surface area contributed by atoms with Crippen molar-refractivity contribution in [3.63, 3.8) is 0 Å². The van der Waals surface area contributed by atoms with Gasteiger partial charge in [0.25, 0.3) is 10.1 Å². The fourth-order valence-electron chi connectivity index (χ4n) is 0.905. The van der Waals surface area contributed by atoms with Gasteiger partial charge in [-0.3, -0.25) is 9.35 Å². The first kappa shape index (κ1) is 19.6. The van der Waals surface area contributed by atoms with Gasteiger partial charge in [0.1, 0.15) is 0 Å². The van der Waals surface area contributed by atoms with Crippen LogP contribution in [0.4, 0.5) is 5.69 Å². The number of anilines is 1. The monoisotopic (exact) mass is 383 g/mol. The average Bonchev–Trinajstić information content (AvgIpc) is 2.17. The molecule has 6 nitrogen and oxygen atoms in total. The Labute approximate surface area is 136 Å². The summed E-state index contributed by atoms with van der Waals surface area (Å²) in [6.07, 6.45) is 0. The van der Waals surface area contributed by atoms with Gasteiger partial charge >= 0.3 is 29.6 Å². The van der Waals surface area contributed by atoms with Crippen molar-refractivity contribution in [3.05, 3.63) is 24.3 Å². The number of halogens is 1. The smallest absolute Gasteiger partial charge is 1.00 e. The number of carbonyl (C=O) groups is 1. The number of nitrogens with one attached hydrogen (secondary N) is 1. The molecule has 1 amide bonds. The van der Waals surface area contributed by atoms with Gasteiger partial charge in [0.2, 0.25) is 5.91 Å². The molecule has 17 heavy (non-hydrogen) atoms. The molecular formula is C8H11INNaO5S. The second kappa shape index (κ2) is 8.40. The Morgan fingerprint density at radius 1 is 1.35 bits per heavy atom. The van der Waals surface area contributed by atoms with Crippen molar-refractivity contribution in [2.75, 3.05) is 9.74 Å². The minimum absolute atomic E-state index is 0. The van der Waals surface area contributed by atoms with Crippen molar-refractivity contribution in [2.45, 2.75) is 4.90 Å². The summed E-state index contributed by atoms with van der Waals surface area (Å²) in [5.41, 5.74) is 0.490. The van der Waals surface area contributed by atoms with Crippen molar-refractivity contribution >= 4 is 44.3 Å². The van der Waals surface area contributed by atoms with Crippen LogP contribution in [0.3, 0.4) is 0 Å². The average molecular weight is 383 g/mol. The Morgan fingerprint density at radius 3 is 2.18 bits per heavy atom. The van der Waals surface area contributed by atoms with Crippen molar-refractivity contribution in [2.24, 2.45) is 0 Å². The summed E-state index contributed by atoms with van der Waals surface area (Å²) in [5.74, 6) is -0.171. The molecule has 0 radical (unpaired) electrons. The summed E-state index contributed by atoms with van der Waals surface area (Å²) in [6.45, 7) is 0. The molecule has 0 unspecified atom stereocenters. The first-order valence-corrected chi connectivity index (χ1v) is 6.83. The predicted octanol–water partition coefficient (Wildman–Crippen LogP) is -2.40. The van der Waals surface area contributed by atoms with Crippen LogP contribution in [0.25, 0.3) is 0 Å². The van der Waals surface area contributed by atoms with Gasteiger partial charge in [-0.2, -0.15) is 8.42 Å². The molecule has 0 aromatic heterocycles. The zero-order valence-electron chi connectivity index (χ0n) is 9.97.